The zero-order valence-corrected chi connectivity index (χ0v) is 11.5. The highest BCUT2D eigenvalue weighted by atomic mass is 35.5. The Labute approximate surface area is 120 Å². The number of benzene rings is 1. The van der Waals surface area contributed by atoms with Crippen molar-refractivity contribution in [2.24, 2.45) is 0 Å². The van der Waals surface area contributed by atoms with E-state index in [2.05, 4.69) is 4.98 Å². The van der Waals surface area contributed by atoms with Crippen molar-refractivity contribution in [1.29, 1.82) is 0 Å². The Morgan fingerprint density at radius 3 is 2.50 bits per heavy atom. The minimum Gasteiger partial charge on any atom is -0.423 e. The molecule has 2 aromatic rings. The first-order valence-electron chi connectivity index (χ1n) is 4.39. The molecular weight excluding hydrogens is 323 g/mol. The highest BCUT2D eigenvalue weighted by Gasteiger charge is 2.20. The summed E-state index contributed by atoms with van der Waals surface area (Å²) in [6.07, 6.45) is 0. The summed E-state index contributed by atoms with van der Waals surface area (Å²) < 4.78 is 5.27. The molecule has 9 heteroatoms. The standard InChI is InChI=1S/C9H3Cl3N2O3S/c10-4-1-6(14(15)16)7(2-5(4)11)17-9-13-8(12)3-18-9/h1-3H. The fourth-order valence-corrected chi connectivity index (χ4v) is 2.23. The SMILES string of the molecule is O=[N+]([O-])c1cc(Cl)c(Cl)cc1Oc1nc(Cl)cs1. The molecule has 2 rings (SSSR count). The number of nitrogens with zero attached hydrogens (tertiary/aromatic N) is 2. The molecule has 5 nitrogen and oxygen atoms in total. The second-order valence-corrected chi connectivity index (χ2v) is 5.05. The fourth-order valence-electron chi connectivity index (χ4n) is 1.12. The van der Waals surface area contributed by atoms with Crippen LogP contribution in [0.15, 0.2) is 17.5 Å². The van der Waals surface area contributed by atoms with Gasteiger partial charge in [0.05, 0.1) is 15.0 Å². The summed E-state index contributed by atoms with van der Waals surface area (Å²) in [6, 6.07) is 2.38. The van der Waals surface area contributed by atoms with Gasteiger partial charge in [-0.05, 0) is 0 Å². The van der Waals surface area contributed by atoms with Crippen LogP contribution in [0, 0.1) is 10.1 Å². The summed E-state index contributed by atoms with van der Waals surface area (Å²) >= 11 is 18.2. The van der Waals surface area contributed by atoms with Crippen LogP contribution in [0.25, 0.3) is 0 Å². The number of rotatable bonds is 3. The van der Waals surface area contributed by atoms with Crippen LogP contribution in [-0.4, -0.2) is 9.91 Å². The minimum absolute atomic E-state index is 0.0413. The predicted molar refractivity (Wildman–Crippen MR) is 70.3 cm³/mol. The van der Waals surface area contributed by atoms with Gasteiger partial charge in [0.25, 0.3) is 5.19 Å². The fraction of sp³-hybridized carbons (Fsp3) is 0. The maximum atomic E-state index is 10.9. The quantitative estimate of drug-likeness (QED) is 0.600. The van der Waals surface area contributed by atoms with Crippen LogP contribution in [0.2, 0.25) is 15.2 Å². The van der Waals surface area contributed by atoms with E-state index in [4.69, 9.17) is 39.5 Å². The second-order valence-electron chi connectivity index (χ2n) is 3.03. The van der Waals surface area contributed by atoms with Gasteiger partial charge in [0.1, 0.15) is 5.15 Å². The van der Waals surface area contributed by atoms with Crippen molar-refractivity contribution in [1.82, 2.24) is 4.98 Å². The van der Waals surface area contributed by atoms with Gasteiger partial charge in [-0.2, -0.15) is 4.98 Å². The maximum Gasteiger partial charge on any atom is 0.313 e. The van der Waals surface area contributed by atoms with E-state index in [9.17, 15) is 10.1 Å². The van der Waals surface area contributed by atoms with Crippen molar-refractivity contribution in [2.45, 2.75) is 0 Å². The van der Waals surface area contributed by atoms with E-state index in [0.29, 0.717) is 0 Å². The minimum atomic E-state index is -0.618. The van der Waals surface area contributed by atoms with Gasteiger partial charge < -0.3 is 4.74 Å². The van der Waals surface area contributed by atoms with E-state index >= 15 is 0 Å². The summed E-state index contributed by atoms with van der Waals surface area (Å²) in [5.74, 6) is -0.0413. The molecule has 0 amide bonds. The zero-order valence-electron chi connectivity index (χ0n) is 8.39. The van der Waals surface area contributed by atoms with Crippen molar-refractivity contribution in [3.8, 4) is 10.9 Å². The molecule has 0 saturated heterocycles. The Balaban J connectivity index is 2.42. The van der Waals surface area contributed by atoms with Crippen molar-refractivity contribution in [2.75, 3.05) is 0 Å². The van der Waals surface area contributed by atoms with Gasteiger partial charge >= 0.3 is 5.69 Å². The second kappa shape index (κ2) is 5.27. The van der Waals surface area contributed by atoms with E-state index in [1.54, 1.807) is 5.38 Å². The molecule has 18 heavy (non-hydrogen) atoms. The Kier molecular flexibility index (Phi) is 3.91. The van der Waals surface area contributed by atoms with Crippen LogP contribution in [0.5, 0.6) is 10.9 Å². The molecule has 0 radical (unpaired) electrons. The van der Waals surface area contributed by atoms with Crippen LogP contribution in [-0.2, 0) is 0 Å². The molecular formula is C9H3Cl3N2O3S. The molecule has 1 heterocycles. The Morgan fingerprint density at radius 1 is 1.28 bits per heavy atom. The highest BCUT2D eigenvalue weighted by Crippen LogP contribution is 2.38. The summed E-state index contributed by atoms with van der Waals surface area (Å²) in [6.45, 7) is 0. The summed E-state index contributed by atoms with van der Waals surface area (Å²) in [5.41, 5.74) is -0.296. The lowest BCUT2D eigenvalue weighted by atomic mass is 10.3. The molecule has 0 atom stereocenters. The Bertz CT molecular complexity index is 617. The van der Waals surface area contributed by atoms with Crippen LogP contribution < -0.4 is 4.74 Å². The molecule has 0 bridgehead atoms. The van der Waals surface area contributed by atoms with Crippen molar-refractivity contribution in [3.05, 3.63) is 42.8 Å². The highest BCUT2D eigenvalue weighted by molar-refractivity contribution is 7.11. The number of hydrogen-bond acceptors (Lipinski definition) is 5. The topological polar surface area (TPSA) is 65.3 Å². The zero-order chi connectivity index (χ0) is 13.3. The number of aromatic nitrogens is 1. The maximum absolute atomic E-state index is 10.9. The Hall–Kier alpha value is -1.08. The first kappa shape index (κ1) is 13.4. The van der Waals surface area contributed by atoms with E-state index in [1.165, 1.54) is 6.07 Å². The lowest BCUT2D eigenvalue weighted by Gasteiger charge is -2.04. The van der Waals surface area contributed by atoms with Crippen molar-refractivity contribution < 1.29 is 9.66 Å². The molecule has 94 valence electrons. The molecule has 1 aromatic heterocycles. The summed E-state index contributed by atoms with van der Waals surface area (Å²) in [5, 5.41) is 13.1. The van der Waals surface area contributed by atoms with Crippen LogP contribution in [0.3, 0.4) is 0 Å². The third-order valence-corrected chi connectivity index (χ3v) is 3.61. The number of ether oxygens (including phenoxy) is 1. The number of nitro groups is 1. The van der Waals surface area contributed by atoms with Gasteiger partial charge in [0.2, 0.25) is 5.75 Å². The number of hydrogen-bond donors (Lipinski definition) is 0. The molecule has 0 spiro atoms. The molecule has 0 N–H and O–H groups in total. The molecule has 0 saturated carbocycles. The van der Waals surface area contributed by atoms with Gasteiger partial charge in [-0.3, -0.25) is 10.1 Å². The smallest absolute Gasteiger partial charge is 0.313 e. The molecule has 0 aliphatic rings. The lowest BCUT2D eigenvalue weighted by Crippen LogP contribution is -1.93. The first-order valence-corrected chi connectivity index (χ1v) is 6.41. The van der Waals surface area contributed by atoms with Crippen molar-refractivity contribution >= 4 is 51.8 Å². The van der Waals surface area contributed by atoms with E-state index in [0.717, 1.165) is 17.4 Å². The van der Waals surface area contributed by atoms with Crippen molar-refractivity contribution in [3.63, 3.8) is 0 Å². The third kappa shape index (κ3) is 2.84. The average molecular weight is 326 g/mol. The number of halogens is 3. The van der Waals surface area contributed by atoms with Crippen LogP contribution in [0.1, 0.15) is 0 Å². The van der Waals surface area contributed by atoms with Gasteiger partial charge in [-0.25, -0.2) is 0 Å². The average Bonchev–Trinajstić information content (AvgIpc) is 2.68. The summed E-state index contributed by atoms with van der Waals surface area (Å²) in [7, 11) is 0. The molecule has 1 aromatic carbocycles. The molecule has 0 unspecified atom stereocenters. The predicted octanol–water partition coefficient (Wildman–Crippen LogP) is 4.80. The molecule has 0 fully saturated rings. The van der Waals surface area contributed by atoms with Gasteiger partial charge in [-0.1, -0.05) is 46.1 Å². The summed E-state index contributed by atoms with van der Waals surface area (Å²) in [4.78, 5) is 14.1. The molecule has 0 aliphatic heterocycles. The lowest BCUT2D eigenvalue weighted by molar-refractivity contribution is -0.385. The first-order chi connectivity index (χ1) is 8.47. The van der Waals surface area contributed by atoms with E-state index in [-0.39, 0.29) is 31.8 Å². The van der Waals surface area contributed by atoms with E-state index in [1.807, 2.05) is 0 Å². The third-order valence-electron chi connectivity index (χ3n) is 1.85. The van der Waals surface area contributed by atoms with Crippen LogP contribution >= 0.6 is 46.1 Å². The normalized spacial score (nSPS) is 10.4. The van der Waals surface area contributed by atoms with E-state index < -0.39 is 4.92 Å². The monoisotopic (exact) mass is 324 g/mol. The largest absolute Gasteiger partial charge is 0.423 e. The van der Waals surface area contributed by atoms with Gasteiger partial charge in [0, 0.05) is 17.5 Å². The van der Waals surface area contributed by atoms with Gasteiger partial charge in [0.15, 0.2) is 0 Å². The van der Waals surface area contributed by atoms with Gasteiger partial charge in [-0.15, -0.1) is 0 Å². The number of thiazole rings is 1. The molecule has 0 aliphatic carbocycles. The Morgan fingerprint density at radius 2 is 1.94 bits per heavy atom. The van der Waals surface area contributed by atoms with Crippen LogP contribution in [0.4, 0.5) is 5.69 Å². The number of nitro benzene ring substituents is 1.